The fourth-order valence-corrected chi connectivity index (χ4v) is 12.3. The summed E-state index contributed by atoms with van der Waals surface area (Å²) in [6, 6.07) is 5.39. The highest BCUT2D eigenvalue weighted by atomic mass is 79.9. The number of ether oxygens (including phenoxy) is 2. The van der Waals surface area contributed by atoms with Crippen LogP contribution in [0.1, 0.15) is 61.1 Å². The molecule has 1 aromatic carbocycles. The van der Waals surface area contributed by atoms with E-state index in [1.165, 1.54) is 12.4 Å². The highest BCUT2D eigenvalue weighted by molar-refractivity contribution is 9.10. The quantitative estimate of drug-likeness (QED) is 0.105. The predicted molar refractivity (Wildman–Crippen MR) is 182 cm³/mol. The summed E-state index contributed by atoms with van der Waals surface area (Å²) in [6.07, 6.45) is 3.43. The Morgan fingerprint density at radius 2 is 1.73 bits per heavy atom. The molecule has 0 unspecified atom stereocenters. The Morgan fingerprint density at radius 1 is 1.04 bits per heavy atom. The summed E-state index contributed by atoms with van der Waals surface area (Å²) in [5.74, 6) is -0.824. The monoisotopic (exact) mass is 717 g/mol. The molecular weight excluding hydrogens is 678 g/mol. The minimum atomic E-state index is -2.32. The molecule has 1 atom stereocenters. The van der Waals surface area contributed by atoms with Crippen molar-refractivity contribution in [1.82, 2.24) is 30.1 Å². The van der Waals surface area contributed by atoms with Gasteiger partial charge in [-0.2, -0.15) is 10.1 Å². The molecule has 4 aromatic rings. The maximum absolute atomic E-state index is 13.8. The van der Waals surface area contributed by atoms with Gasteiger partial charge < -0.3 is 19.2 Å². The van der Waals surface area contributed by atoms with Gasteiger partial charge in [-0.25, -0.2) is 9.97 Å². The number of benzene rings is 1. The Bertz CT molecular complexity index is 1590. The molecule has 0 aliphatic rings. The summed E-state index contributed by atoms with van der Waals surface area (Å²) in [6.45, 7) is 18.7. The highest BCUT2D eigenvalue weighted by Gasteiger charge is 2.49. The van der Waals surface area contributed by atoms with Crippen LogP contribution in [0.2, 0.25) is 21.6 Å². The van der Waals surface area contributed by atoms with E-state index in [-0.39, 0.29) is 24.1 Å². The van der Waals surface area contributed by atoms with E-state index in [4.69, 9.17) is 25.5 Å². The van der Waals surface area contributed by atoms with E-state index in [0.29, 0.717) is 42.7 Å². The van der Waals surface area contributed by atoms with Crippen LogP contribution in [0.25, 0.3) is 22.4 Å². The summed E-state index contributed by atoms with van der Waals surface area (Å²) in [4.78, 5) is 31.5. The van der Waals surface area contributed by atoms with Crippen molar-refractivity contribution in [2.45, 2.75) is 90.8 Å². The van der Waals surface area contributed by atoms with Gasteiger partial charge in [-0.3, -0.25) is 14.9 Å². The van der Waals surface area contributed by atoms with Crippen molar-refractivity contribution in [2.24, 2.45) is 0 Å². The van der Waals surface area contributed by atoms with Gasteiger partial charge in [-0.05, 0) is 65.5 Å². The first kappa shape index (κ1) is 34.9. The molecule has 4 rings (SSSR count). The number of rotatable bonds is 13. The number of halogens is 2. The van der Waals surface area contributed by atoms with Crippen molar-refractivity contribution < 1.29 is 18.7 Å². The number of carbonyl (C=O) groups excluding carboxylic acids is 1. The summed E-state index contributed by atoms with van der Waals surface area (Å²) in [5, 5.41) is 10.7. The summed E-state index contributed by atoms with van der Waals surface area (Å²) in [5.41, 5.74) is 2.73. The van der Waals surface area contributed by atoms with E-state index in [2.05, 4.69) is 92.9 Å². The van der Waals surface area contributed by atoms with Gasteiger partial charge in [-0.15, -0.1) is 0 Å². The number of aromatic amines is 1. The van der Waals surface area contributed by atoms with Crippen LogP contribution in [0, 0.1) is 6.92 Å². The second-order valence-electron chi connectivity index (χ2n) is 12.4. The zero-order valence-corrected chi connectivity index (χ0v) is 30.4. The van der Waals surface area contributed by atoms with Gasteiger partial charge >= 0.3 is 0 Å². The summed E-state index contributed by atoms with van der Waals surface area (Å²) in [7, 11) is -2.32. The lowest BCUT2D eigenvalue weighted by Crippen LogP contribution is -2.54. The van der Waals surface area contributed by atoms with E-state index in [1.54, 1.807) is 12.3 Å². The number of aryl methyl sites for hydroxylation is 1. The molecule has 0 radical (unpaired) electrons. The topological polar surface area (TPSA) is 137 Å². The minimum absolute atomic E-state index is 0.128. The number of hydrogen-bond donors (Lipinski definition) is 2. The third-order valence-electron chi connectivity index (χ3n) is 7.75. The maximum atomic E-state index is 13.8. The second-order valence-corrected chi connectivity index (χ2v) is 19.0. The Balaban J connectivity index is 1.70. The fraction of sp³-hybridized carbons (Fsp3) is 0.484. The van der Waals surface area contributed by atoms with Crippen molar-refractivity contribution >= 4 is 58.6 Å². The van der Waals surface area contributed by atoms with E-state index in [1.807, 2.05) is 32.9 Å². The molecule has 0 saturated heterocycles. The van der Waals surface area contributed by atoms with Gasteiger partial charge in [0.1, 0.15) is 5.39 Å². The van der Waals surface area contributed by atoms with Crippen LogP contribution in [-0.4, -0.2) is 62.9 Å². The van der Waals surface area contributed by atoms with Gasteiger partial charge in [0.05, 0.1) is 41.5 Å². The van der Waals surface area contributed by atoms with E-state index < -0.39 is 26.1 Å². The van der Waals surface area contributed by atoms with Crippen LogP contribution >= 0.6 is 27.5 Å². The van der Waals surface area contributed by atoms with Crippen molar-refractivity contribution in [3.63, 3.8) is 0 Å². The molecule has 0 fully saturated rings. The number of nitrogens with zero attached hydrogens (tertiary/aromatic N) is 5. The van der Waals surface area contributed by atoms with Crippen molar-refractivity contribution in [2.75, 3.05) is 11.9 Å². The molecule has 14 heteroatoms. The number of aromatic nitrogens is 6. The molecule has 45 heavy (non-hydrogen) atoms. The van der Waals surface area contributed by atoms with Gasteiger partial charge in [0.15, 0.2) is 23.1 Å². The van der Waals surface area contributed by atoms with Gasteiger partial charge in [0.25, 0.3) is 5.91 Å². The molecule has 0 aliphatic carbocycles. The molecule has 0 bridgehead atoms. The second kappa shape index (κ2) is 14.2. The standard InChI is InChI=1S/C31H41BrClN7O4Si/c1-17(2)45(18(3)4,19(5)6)44-31(8,9)42-16-24(29(41)37-25-15-34-20(7)13-35-25)43-30-21-14-36-40-27(21)38-28(39-30)26-22(32)11-10-12-23(26)33/h10-15,17-19,24H,16H2,1-9H3,(H,35,37,41)(H,36,38,39,40)/t24-/m1/s1. The number of hydrogen-bond acceptors (Lipinski definition) is 9. The number of nitrogens with one attached hydrogen (secondary N) is 2. The average molecular weight is 719 g/mol. The average Bonchev–Trinajstić information content (AvgIpc) is 3.43. The molecular formula is C31H41BrClN7O4Si. The van der Waals surface area contributed by atoms with Gasteiger partial charge in [-0.1, -0.05) is 59.2 Å². The lowest BCUT2D eigenvalue weighted by Gasteiger charge is -2.47. The molecule has 3 aromatic heterocycles. The Morgan fingerprint density at radius 3 is 2.33 bits per heavy atom. The minimum Gasteiger partial charge on any atom is -0.461 e. The SMILES string of the molecule is Cc1cnc(NC(=O)[C@@H](COC(C)(C)O[Si](C(C)C)(C(C)C)C(C)C)Oc2nc(-c3c(Cl)cccc3Br)nc3[nH]ncc23)cn1. The number of carbonyl (C=O) groups is 1. The zero-order chi connectivity index (χ0) is 33.1. The number of H-pyrrole nitrogens is 1. The number of fused-ring (bicyclic) bond motifs is 1. The highest BCUT2D eigenvalue weighted by Crippen LogP contribution is 2.45. The zero-order valence-electron chi connectivity index (χ0n) is 27.1. The first-order valence-electron chi connectivity index (χ1n) is 14.9. The van der Waals surface area contributed by atoms with Gasteiger partial charge in [0, 0.05) is 4.47 Å². The molecule has 0 saturated carbocycles. The van der Waals surface area contributed by atoms with E-state index >= 15 is 0 Å². The molecule has 1 amide bonds. The summed E-state index contributed by atoms with van der Waals surface area (Å²) >= 11 is 10.1. The van der Waals surface area contributed by atoms with E-state index in [0.717, 1.165) is 5.69 Å². The Hall–Kier alpha value is -2.97. The van der Waals surface area contributed by atoms with Crippen LogP contribution < -0.4 is 10.1 Å². The lowest BCUT2D eigenvalue weighted by molar-refractivity contribution is -0.180. The van der Waals surface area contributed by atoms with E-state index in [9.17, 15) is 4.79 Å². The van der Waals surface area contributed by atoms with Crippen LogP contribution in [0.3, 0.4) is 0 Å². The molecule has 242 valence electrons. The number of amides is 1. The lowest BCUT2D eigenvalue weighted by atomic mass is 10.2. The smallest absolute Gasteiger partial charge is 0.269 e. The van der Waals surface area contributed by atoms with Crippen LogP contribution in [0.5, 0.6) is 5.88 Å². The molecule has 0 spiro atoms. The molecule has 0 aliphatic heterocycles. The first-order chi connectivity index (χ1) is 21.1. The van der Waals surface area contributed by atoms with Crippen molar-refractivity contribution in [3.8, 4) is 17.3 Å². The summed E-state index contributed by atoms with van der Waals surface area (Å²) < 4.78 is 20.4. The van der Waals surface area contributed by atoms with Crippen molar-refractivity contribution in [3.05, 3.63) is 52.0 Å². The van der Waals surface area contributed by atoms with Crippen LogP contribution in [-0.2, 0) is 14.0 Å². The normalized spacial score (nSPS) is 13.2. The van der Waals surface area contributed by atoms with Crippen LogP contribution in [0.15, 0.2) is 41.3 Å². The Kier molecular flexibility index (Phi) is 11.0. The third-order valence-corrected chi connectivity index (χ3v) is 15.0. The third kappa shape index (κ3) is 7.88. The fourth-order valence-electron chi connectivity index (χ4n) is 5.77. The number of anilines is 1. The molecule has 3 heterocycles. The van der Waals surface area contributed by atoms with Crippen molar-refractivity contribution in [1.29, 1.82) is 0 Å². The van der Waals surface area contributed by atoms with Gasteiger partial charge in [0.2, 0.25) is 20.3 Å². The maximum Gasteiger partial charge on any atom is 0.269 e. The Labute approximate surface area is 278 Å². The predicted octanol–water partition coefficient (Wildman–Crippen LogP) is 7.87. The largest absolute Gasteiger partial charge is 0.461 e. The van der Waals surface area contributed by atoms with Crippen LogP contribution in [0.4, 0.5) is 5.82 Å². The molecule has 11 nitrogen and oxygen atoms in total. The molecule has 2 N–H and O–H groups in total. The first-order valence-corrected chi connectivity index (χ1v) is 18.2.